The molecule has 144 valence electrons. The summed E-state index contributed by atoms with van der Waals surface area (Å²) in [5.41, 5.74) is 1.46. The number of hydrogen-bond acceptors (Lipinski definition) is 4. The first-order chi connectivity index (χ1) is 12.2. The third-order valence-electron chi connectivity index (χ3n) is 4.43. The monoisotopic (exact) mass is 380 g/mol. The van der Waals surface area contributed by atoms with E-state index < -0.39 is 10.0 Å². The van der Waals surface area contributed by atoms with Gasteiger partial charge < -0.3 is 9.88 Å². The Hall–Kier alpha value is -1.93. The van der Waals surface area contributed by atoms with Crippen LogP contribution in [0.3, 0.4) is 0 Å². The molecule has 0 saturated heterocycles. The summed E-state index contributed by atoms with van der Waals surface area (Å²) >= 11 is 0. The van der Waals surface area contributed by atoms with E-state index in [0.717, 1.165) is 24.2 Å². The third-order valence-corrected chi connectivity index (χ3v) is 6.24. The van der Waals surface area contributed by atoms with Gasteiger partial charge in [0.1, 0.15) is 5.82 Å². The van der Waals surface area contributed by atoms with Crippen molar-refractivity contribution in [1.29, 1.82) is 0 Å². The normalized spacial score (nSPS) is 13.3. The molecule has 1 amide bonds. The van der Waals surface area contributed by atoms with Crippen molar-refractivity contribution in [2.24, 2.45) is 7.05 Å². The van der Waals surface area contributed by atoms with E-state index in [4.69, 9.17) is 0 Å². The van der Waals surface area contributed by atoms with E-state index in [1.165, 1.54) is 18.4 Å². The molecule has 0 aliphatic heterocycles. The Kier molecular flexibility index (Phi) is 6.41. The van der Waals surface area contributed by atoms with Crippen LogP contribution < -0.4 is 5.32 Å². The van der Waals surface area contributed by atoms with E-state index in [1.54, 1.807) is 18.2 Å². The number of carbonyl (C=O) groups excluding carboxylic acids is 1. The summed E-state index contributed by atoms with van der Waals surface area (Å²) in [4.78, 5) is 16.8. The Bertz CT molecular complexity index is 887. The number of rotatable bonds is 8. The smallest absolute Gasteiger partial charge is 0.242 e. The molecule has 0 aliphatic carbocycles. The van der Waals surface area contributed by atoms with Crippen molar-refractivity contribution in [3.63, 3.8) is 0 Å². The number of amides is 1. The summed E-state index contributed by atoms with van der Waals surface area (Å²) in [6.07, 6.45) is 2.85. The van der Waals surface area contributed by atoms with E-state index in [9.17, 15) is 13.2 Å². The fraction of sp³-hybridized carbons (Fsp3) is 0.556. The maximum absolute atomic E-state index is 12.3. The highest BCUT2D eigenvalue weighted by Gasteiger charge is 2.19. The van der Waals surface area contributed by atoms with Gasteiger partial charge in [0.05, 0.1) is 15.9 Å². The number of aryl methyl sites for hydroxylation is 2. The van der Waals surface area contributed by atoms with Crippen LogP contribution in [0.4, 0.5) is 0 Å². The molecule has 0 bridgehead atoms. The summed E-state index contributed by atoms with van der Waals surface area (Å²) in [5.74, 6) is 0.770. The zero-order valence-electron chi connectivity index (χ0n) is 16.1. The van der Waals surface area contributed by atoms with Crippen LogP contribution in [0.25, 0.3) is 11.0 Å². The molecule has 1 N–H and O–H groups in total. The molecule has 0 radical (unpaired) electrons. The standard InChI is InChI=1S/C18H28N4O3S/c1-6-7-13(2)19-18(23)11-10-17-20-15-12-14(26(24,25)21(3)4)8-9-16(15)22(17)5/h8-9,12-13H,6-7,10-11H2,1-5H3,(H,19,23). The van der Waals surface area contributed by atoms with Crippen molar-refractivity contribution in [3.8, 4) is 0 Å². The molecule has 0 saturated carbocycles. The van der Waals surface area contributed by atoms with Gasteiger partial charge in [0.15, 0.2) is 0 Å². The number of nitrogens with zero attached hydrogens (tertiary/aromatic N) is 3. The van der Waals surface area contributed by atoms with E-state index in [0.29, 0.717) is 18.4 Å². The molecule has 1 aromatic heterocycles. The minimum absolute atomic E-state index is 0.00822. The summed E-state index contributed by atoms with van der Waals surface area (Å²) in [7, 11) is 1.38. The van der Waals surface area contributed by atoms with Gasteiger partial charge in [-0.25, -0.2) is 17.7 Å². The lowest BCUT2D eigenvalue weighted by Gasteiger charge is -2.12. The van der Waals surface area contributed by atoms with Gasteiger partial charge in [0, 0.05) is 40.0 Å². The van der Waals surface area contributed by atoms with Crippen molar-refractivity contribution in [3.05, 3.63) is 24.0 Å². The molecule has 2 aromatic rings. The molecule has 0 fully saturated rings. The second kappa shape index (κ2) is 8.18. The third kappa shape index (κ3) is 4.42. The molecule has 0 aliphatic rings. The maximum Gasteiger partial charge on any atom is 0.242 e. The molecule has 8 heteroatoms. The fourth-order valence-corrected chi connectivity index (χ4v) is 3.82. The van der Waals surface area contributed by atoms with Crippen LogP contribution in [0, 0.1) is 0 Å². The molecule has 26 heavy (non-hydrogen) atoms. The van der Waals surface area contributed by atoms with Crippen molar-refractivity contribution >= 4 is 27.0 Å². The number of fused-ring (bicyclic) bond motifs is 1. The molecular formula is C18H28N4O3S. The van der Waals surface area contributed by atoms with Crippen LogP contribution in [0.15, 0.2) is 23.1 Å². The quantitative estimate of drug-likeness (QED) is 0.760. The summed E-state index contributed by atoms with van der Waals surface area (Å²) in [6, 6.07) is 5.09. The second-order valence-electron chi connectivity index (χ2n) is 6.78. The number of sulfonamides is 1. The largest absolute Gasteiger partial charge is 0.354 e. The Labute approximate surface area is 155 Å². The predicted molar refractivity (Wildman–Crippen MR) is 102 cm³/mol. The predicted octanol–water partition coefficient (Wildman–Crippen LogP) is 2.06. The fourth-order valence-electron chi connectivity index (χ4n) is 2.90. The Morgan fingerprint density at radius 3 is 2.65 bits per heavy atom. The van der Waals surface area contributed by atoms with Gasteiger partial charge in [0.2, 0.25) is 15.9 Å². The van der Waals surface area contributed by atoms with Crippen LogP contribution in [-0.4, -0.2) is 48.3 Å². The average molecular weight is 381 g/mol. The number of carbonyl (C=O) groups is 1. The Balaban J connectivity index is 2.17. The minimum Gasteiger partial charge on any atom is -0.354 e. The van der Waals surface area contributed by atoms with E-state index in [1.807, 2.05) is 18.5 Å². The van der Waals surface area contributed by atoms with Crippen molar-refractivity contribution in [1.82, 2.24) is 19.2 Å². The van der Waals surface area contributed by atoms with Crippen LogP contribution in [0.2, 0.25) is 0 Å². The molecular weight excluding hydrogens is 352 g/mol. The van der Waals surface area contributed by atoms with E-state index >= 15 is 0 Å². The Morgan fingerprint density at radius 1 is 1.35 bits per heavy atom. The van der Waals surface area contributed by atoms with Crippen LogP contribution in [0.1, 0.15) is 38.9 Å². The second-order valence-corrected chi connectivity index (χ2v) is 8.93. The highest BCUT2D eigenvalue weighted by molar-refractivity contribution is 7.89. The first-order valence-electron chi connectivity index (χ1n) is 8.84. The summed E-state index contributed by atoms with van der Waals surface area (Å²) in [5, 5.41) is 2.98. The topological polar surface area (TPSA) is 84.3 Å². The van der Waals surface area contributed by atoms with Crippen LogP contribution >= 0.6 is 0 Å². The molecule has 2 rings (SSSR count). The highest BCUT2D eigenvalue weighted by Crippen LogP contribution is 2.21. The Morgan fingerprint density at radius 2 is 2.04 bits per heavy atom. The number of benzene rings is 1. The molecule has 1 unspecified atom stereocenters. The highest BCUT2D eigenvalue weighted by atomic mass is 32.2. The SMILES string of the molecule is CCCC(C)NC(=O)CCc1nc2cc(S(=O)(=O)N(C)C)ccc2n1C. The first kappa shape index (κ1) is 20.4. The van der Waals surface area contributed by atoms with Crippen molar-refractivity contribution in [2.75, 3.05) is 14.1 Å². The number of aromatic nitrogens is 2. The zero-order valence-corrected chi connectivity index (χ0v) is 16.9. The van der Waals surface area contributed by atoms with Crippen LogP contribution in [0.5, 0.6) is 0 Å². The lowest BCUT2D eigenvalue weighted by Crippen LogP contribution is -2.32. The molecule has 1 heterocycles. The van der Waals surface area contributed by atoms with Gasteiger partial charge in [-0.2, -0.15) is 0 Å². The summed E-state index contributed by atoms with van der Waals surface area (Å²) < 4.78 is 27.6. The minimum atomic E-state index is -3.50. The van der Waals surface area contributed by atoms with E-state index in [-0.39, 0.29) is 16.8 Å². The van der Waals surface area contributed by atoms with Gasteiger partial charge in [0.25, 0.3) is 0 Å². The van der Waals surface area contributed by atoms with Gasteiger partial charge in [-0.3, -0.25) is 4.79 Å². The summed E-state index contributed by atoms with van der Waals surface area (Å²) in [6.45, 7) is 4.09. The van der Waals surface area contributed by atoms with Gasteiger partial charge in [-0.1, -0.05) is 13.3 Å². The van der Waals surface area contributed by atoms with Crippen molar-refractivity contribution < 1.29 is 13.2 Å². The molecule has 0 spiro atoms. The molecule has 7 nitrogen and oxygen atoms in total. The first-order valence-corrected chi connectivity index (χ1v) is 10.3. The van der Waals surface area contributed by atoms with Gasteiger partial charge >= 0.3 is 0 Å². The molecule has 1 atom stereocenters. The van der Waals surface area contributed by atoms with Crippen molar-refractivity contribution in [2.45, 2.75) is 50.5 Å². The van der Waals surface area contributed by atoms with Crippen LogP contribution in [-0.2, 0) is 28.3 Å². The van der Waals surface area contributed by atoms with Gasteiger partial charge in [-0.15, -0.1) is 0 Å². The van der Waals surface area contributed by atoms with Gasteiger partial charge in [-0.05, 0) is 31.5 Å². The maximum atomic E-state index is 12.3. The number of hydrogen-bond donors (Lipinski definition) is 1. The molecule has 1 aromatic carbocycles. The lowest BCUT2D eigenvalue weighted by atomic mass is 10.2. The zero-order chi connectivity index (χ0) is 19.5. The number of imidazole rings is 1. The number of nitrogens with one attached hydrogen (secondary N) is 1. The van der Waals surface area contributed by atoms with E-state index in [2.05, 4.69) is 17.2 Å². The average Bonchev–Trinajstić information content (AvgIpc) is 2.88. The lowest BCUT2D eigenvalue weighted by molar-refractivity contribution is -0.121.